The van der Waals surface area contributed by atoms with Gasteiger partial charge in [0.25, 0.3) is 0 Å². The van der Waals surface area contributed by atoms with Crippen molar-refractivity contribution >= 4 is 0 Å². The van der Waals surface area contributed by atoms with Crippen molar-refractivity contribution in [1.82, 2.24) is 15.2 Å². The molecule has 0 saturated carbocycles. The number of nitrogens with two attached hydrogens (primary N) is 1. The highest BCUT2D eigenvalue weighted by molar-refractivity contribution is 4.85. The standard InChI is InChI=1S/C4H8N4/c1-3(5)4-6-2-7-8-4/h2-3H,5H2,1H3,(H,6,7,8). The van der Waals surface area contributed by atoms with Crippen LogP contribution in [0.15, 0.2) is 6.33 Å². The Bertz CT molecular complexity index is 143. The maximum Gasteiger partial charge on any atom is 0.166 e. The lowest BCUT2D eigenvalue weighted by Gasteiger charge is -1.93. The highest BCUT2D eigenvalue weighted by Gasteiger charge is 1.99. The molecule has 0 aromatic carbocycles. The van der Waals surface area contributed by atoms with E-state index in [1.54, 1.807) is 0 Å². The van der Waals surface area contributed by atoms with Crippen LogP contribution in [0.25, 0.3) is 0 Å². The second-order valence-corrected chi connectivity index (χ2v) is 1.65. The van der Waals surface area contributed by atoms with Crippen molar-refractivity contribution < 1.29 is 0 Å². The van der Waals surface area contributed by atoms with Gasteiger partial charge in [0.2, 0.25) is 0 Å². The van der Waals surface area contributed by atoms with Gasteiger partial charge in [-0.05, 0) is 6.92 Å². The van der Waals surface area contributed by atoms with Gasteiger partial charge in [0.1, 0.15) is 6.33 Å². The van der Waals surface area contributed by atoms with E-state index in [1.165, 1.54) is 6.33 Å². The van der Waals surface area contributed by atoms with Crippen LogP contribution in [0, 0.1) is 0 Å². The maximum atomic E-state index is 5.41. The van der Waals surface area contributed by atoms with Crippen molar-refractivity contribution in [1.29, 1.82) is 0 Å². The minimum absolute atomic E-state index is 0.0683. The summed E-state index contributed by atoms with van der Waals surface area (Å²) in [6.45, 7) is 1.84. The predicted molar refractivity (Wildman–Crippen MR) is 29.0 cm³/mol. The molecule has 0 bridgehead atoms. The summed E-state index contributed by atoms with van der Waals surface area (Å²) >= 11 is 0. The highest BCUT2D eigenvalue weighted by Crippen LogP contribution is 1.96. The van der Waals surface area contributed by atoms with Crippen LogP contribution in [0.1, 0.15) is 18.8 Å². The Kier molecular flexibility index (Phi) is 1.26. The van der Waals surface area contributed by atoms with Crippen LogP contribution < -0.4 is 5.73 Å². The van der Waals surface area contributed by atoms with Crippen LogP contribution in [0.4, 0.5) is 0 Å². The van der Waals surface area contributed by atoms with Crippen LogP contribution in [0.2, 0.25) is 0 Å². The summed E-state index contributed by atoms with van der Waals surface area (Å²) in [4.78, 5) is 3.82. The first-order valence-electron chi connectivity index (χ1n) is 2.42. The average Bonchev–Trinajstić information content (AvgIpc) is 2.12. The fraction of sp³-hybridized carbons (Fsp3) is 0.500. The van der Waals surface area contributed by atoms with E-state index in [0.717, 1.165) is 0 Å². The average molecular weight is 112 g/mol. The molecule has 0 fully saturated rings. The van der Waals surface area contributed by atoms with Crippen molar-refractivity contribution in [2.75, 3.05) is 0 Å². The molecule has 1 rings (SSSR count). The molecule has 3 N–H and O–H groups in total. The first-order chi connectivity index (χ1) is 3.80. The number of nitrogens with zero attached hydrogens (tertiary/aromatic N) is 2. The van der Waals surface area contributed by atoms with E-state index in [2.05, 4.69) is 15.2 Å². The molecule has 0 radical (unpaired) electrons. The Balaban J connectivity index is 2.77. The molecule has 8 heavy (non-hydrogen) atoms. The van der Waals surface area contributed by atoms with Gasteiger partial charge < -0.3 is 5.73 Å². The van der Waals surface area contributed by atoms with Crippen molar-refractivity contribution in [2.24, 2.45) is 5.73 Å². The molecular formula is C4H8N4. The van der Waals surface area contributed by atoms with Crippen LogP contribution in [-0.4, -0.2) is 15.2 Å². The van der Waals surface area contributed by atoms with Crippen LogP contribution in [0.3, 0.4) is 0 Å². The van der Waals surface area contributed by atoms with Gasteiger partial charge in [-0.2, -0.15) is 5.10 Å². The lowest BCUT2D eigenvalue weighted by Crippen LogP contribution is -2.06. The summed E-state index contributed by atoms with van der Waals surface area (Å²) in [6, 6.07) is -0.0683. The number of aromatic nitrogens is 3. The SMILES string of the molecule is CC(N)c1nc[nH]n1. The van der Waals surface area contributed by atoms with Crippen molar-refractivity contribution in [3.8, 4) is 0 Å². The fourth-order valence-electron chi connectivity index (χ4n) is 0.438. The van der Waals surface area contributed by atoms with Gasteiger partial charge in [-0.15, -0.1) is 0 Å². The molecule has 4 heteroatoms. The molecular weight excluding hydrogens is 104 g/mol. The van der Waals surface area contributed by atoms with Gasteiger partial charge in [-0.25, -0.2) is 4.98 Å². The molecule has 0 aliphatic heterocycles. The number of nitrogens with one attached hydrogen (secondary N) is 1. The topological polar surface area (TPSA) is 67.6 Å². The zero-order valence-corrected chi connectivity index (χ0v) is 4.63. The maximum absolute atomic E-state index is 5.41. The van der Waals surface area contributed by atoms with Crippen molar-refractivity contribution in [3.05, 3.63) is 12.2 Å². The molecule has 1 aromatic heterocycles. The lowest BCUT2D eigenvalue weighted by molar-refractivity contribution is 0.745. The van der Waals surface area contributed by atoms with Gasteiger partial charge in [0, 0.05) is 0 Å². The number of hydrogen-bond acceptors (Lipinski definition) is 3. The fourth-order valence-corrected chi connectivity index (χ4v) is 0.438. The molecule has 0 saturated heterocycles. The normalized spacial score (nSPS) is 13.8. The minimum Gasteiger partial charge on any atom is -0.321 e. The van der Waals surface area contributed by atoms with Crippen molar-refractivity contribution in [2.45, 2.75) is 13.0 Å². The molecule has 0 amide bonds. The minimum atomic E-state index is -0.0683. The summed E-state index contributed by atoms with van der Waals surface area (Å²) in [5.74, 6) is 0.657. The Morgan fingerprint density at radius 3 is 2.88 bits per heavy atom. The number of hydrogen-bond donors (Lipinski definition) is 2. The van der Waals surface area contributed by atoms with E-state index in [4.69, 9.17) is 5.73 Å². The van der Waals surface area contributed by atoms with E-state index in [9.17, 15) is 0 Å². The number of rotatable bonds is 1. The zero-order chi connectivity index (χ0) is 5.98. The molecule has 0 spiro atoms. The zero-order valence-electron chi connectivity index (χ0n) is 4.63. The summed E-state index contributed by atoms with van der Waals surface area (Å²) in [5, 5.41) is 6.32. The third-order valence-electron chi connectivity index (χ3n) is 0.841. The van der Waals surface area contributed by atoms with E-state index in [-0.39, 0.29) is 6.04 Å². The summed E-state index contributed by atoms with van der Waals surface area (Å²) in [5.41, 5.74) is 5.41. The second kappa shape index (κ2) is 1.92. The summed E-state index contributed by atoms with van der Waals surface area (Å²) < 4.78 is 0. The van der Waals surface area contributed by atoms with Gasteiger partial charge >= 0.3 is 0 Å². The van der Waals surface area contributed by atoms with E-state index < -0.39 is 0 Å². The third-order valence-corrected chi connectivity index (χ3v) is 0.841. The largest absolute Gasteiger partial charge is 0.321 e. The summed E-state index contributed by atoms with van der Waals surface area (Å²) in [6.07, 6.45) is 1.51. The molecule has 1 aromatic rings. The highest BCUT2D eigenvalue weighted by atomic mass is 15.2. The molecule has 0 aliphatic rings. The lowest BCUT2D eigenvalue weighted by atomic mass is 10.4. The van der Waals surface area contributed by atoms with E-state index in [1.807, 2.05) is 6.92 Å². The molecule has 4 nitrogen and oxygen atoms in total. The number of H-pyrrole nitrogens is 1. The van der Waals surface area contributed by atoms with Crippen molar-refractivity contribution in [3.63, 3.8) is 0 Å². The molecule has 1 heterocycles. The Hall–Kier alpha value is -0.900. The predicted octanol–water partition coefficient (Wildman–Crippen LogP) is -0.176. The van der Waals surface area contributed by atoms with Gasteiger partial charge in [0.15, 0.2) is 5.82 Å². The first-order valence-corrected chi connectivity index (χ1v) is 2.42. The first kappa shape index (κ1) is 5.24. The third kappa shape index (κ3) is 0.840. The smallest absolute Gasteiger partial charge is 0.166 e. The van der Waals surface area contributed by atoms with Crippen LogP contribution in [-0.2, 0) is 0 Å². The van der Waals surface area contributed by atoms with Gasteiger partial charge in [0.05, 0.1) is 6.04 Å². The quantitative estimate of drug-likeness (QED) is 0.529. The van der Waals surface area contributed by atoms with Crippen LogP contribution >= 0.6 is 0 Å². The summed E-state index contributed by atoms with van der Waals surface area (Å²) in [7, 11) is 0. The Morgan fingerprint density at radius 2 is 2.62 bits per heavy atom. The Labute approximate surface area is 47.1 Å². The van der Waals surface area contributed by atoms with Crippen LogP contribution in [0.5, 0.6) is 0 Å². The monoisotopic (exact) mass is 112 g/mol. The molecule has 1 atom stereocenters. The second-order valence-electron chi connectivity index (χ2n) is 1.65. The van der Waals surface area contributed by atoms with Gasteiger partial charge in [-0.1, -0.05) is 0 Å². The molecule has 0 aliphatic carbocycles. The van der Waals surface area contributed by atoms with Gasteiger partial charge in [-0.3, -0.25) is 5.10 Å². The van der Waals surface area contributed by atoms with E-state index >= 15 is 0 Å². The molecule has 44 valence electrons. The van der Waals surface area contributed by atoms with E-state index in [0.29, 0.717) is 5.82 Å². The number of aromatic amines is 1. The Morgan fingerprint density at radius 1 is 1.88 bits per heavy atom. The molecule has 1 unspecified atom stereocenters.